The number of piperidine rings is 1. The molecule has 0 aromatic heterocycles. The third kappa shape index (κ3) is 7.28. The molecule has 1 saturated heterocycles. The van der Waals surface area contributed by atoms with E-state index in [-0.39, 0.29) is 0 Å². The quantitative estimate of drug-likeness (QED) is 0.618. The summed E-state index contributed by atoms with van der Waals surface area (Å²) in [5.41, 5.74) is 0. The molecule has 1 aliphatic rings. The second-order valence-electron chi connectivity index (χ2n) is 5.87. The average molecular weight is 270 g/mol. The monoisotopic (exact) mass is 270 g/mol. The summed E-state index contributed by atoms with van der Waals surface area (Å²) in [7, 11) is 0. The first-order valence-corrected chi connectivity index (χ1v) is 8.34. The molecule has 0 spiro atoms. The summed E-state index contributed by atoms with van der Waals surface area (Å²) in [6.45, 7) is 12.4. The van der Waals surface area contributed by atoms with E-state index in [1.807, 2.05) is 0 Å². The molecular weight excluding hydrogens is 236 g/mol. The fourth-order valence-electron chi connectivity index (χ4n) is 2.79. The van der Waals surface area contributed by atoms with Crippen molar-refractivity contribution < 1.29 is 4.74 Å². The van der Waals surface area contributed by atoms with Crippen LogP contribution in [0.15, 0.2) is 0 Å². The van der Waals surface area contributed by atoms with Crippen LogP contribution in [0, 0.1) is 0 Å². The number of nitrogens with one attached hydrogen (secondary N) is 1. The average Bonchev–Trinajstić information content (AvgIpc) is 2.45. The lowest BCUT2D eigenvalue weighted by Crippen LogP contribution is -2.44. The Kier molecular flexibility index (Phi) is 9.48. The highest BCUT2D eigenvalue weighted by molar-refractivity contribution is 4.77. The van der Waals surface area contributed by atoms with E-state index in [1.165, 1.54) is 45.2 Å². The Morgan fingerprint density at radius 1 is 1.26 bits per heavy atom. The van der Waals surface area contributed by atoms with Gasteiger partial charge >= 0.3 is 0 Å². The van der Waals surface area contributed by atoms with E-state index >= 15 is 0 Å². The van der Waals surface area contributed by atoms with Gasteiger partial charge in [0.2, 0.25) is 0 Å². The minimum absolute atomic E-state index is 0.481. The Morgan fingerprint density at radius 3 is 2.84 bits per heavy atom. The number of rotatable bonds is 10. The number of nitrogens with zero attached hydrogens (tertiary/aromatic N) is 1. The molecule has 2 unspecified atom stereocenters. The molecule has 2 atom stereocenters. The Morgan fingerprint density at radius 2 is 2.11 bits per heavy atom. The summed E-state index contributed by atoms with van der Waals surface area (Å²) < 4.78 is 5.92. The Hall–Kier alpha value is -0.120. The van der Waals surface area contributed by atoms with Crippen LogP contribution in [0.1, 0.15) is 59.3 Å². The fourth-order valence-corrected chi connectivity index (χ4v) is 2.79. The van der Waals surface area contributed by atoms with Crippen LogP contribution in [0.2, 0.25) is 0 Å². The molecule has 19 heavy (non-hydrogen) atoms. The minimum Gasteiger partial charge on any atom is -0.377 e. The van der Waals surface area contributed by atoms with Gasteiger partial charge in [-0.1, -0.05) is 13.8 Å². The first kappa shape index (κ1) is 16.9. The van der Waals surface area contributed by atoms with Crippen LogP contribution >= 0.6 is 0 Å². The van der Waals surface area contributed by atoms with Gasteiger partial charge in [-0.2, -0.15) is 0 Å². The molecule has 1 fully saturated rings. The van der Waals surface area contributed by atoms with Crippen LogP contribution in [0.25, 0.3) is 0 Å². The minimum atomic E-state index is 0.481. The van der Waals surface area contributed by atoms with Crippen LogP contribution in [-0.2, 0) is 4.74 Å². The van der Waals surface area contributed by atoms with Gasteiger partial charge in [-0.05, 0) is 65.1 Å². The van der Waals surface area contributed by atoms with E-state index in [0.717, 1.165) is 26.1 Å². The van der Waals surface area contributed by atoms with Gasteiger partial charge in [0.15, 0.2) is 0 Å². The zero-order valence-corrected chi connectivity index (χ0v) is 13.3. The van der Waals surface area contributed by atoms with Crippen molar-refractivity contribution >= 4 is 0 Å². The maximum atomic E-state index is 5.92. The zero-order chi connectivity index (χ0) is 13.9. The highest BCUT2D eigenvalue weighted by Crippen LogP contribution is 2.17. The molecular formula is C16H34N2O. The summed E-state index contributed by atoms with van der Waals surface area (Å²) in [5.74, 6) is 0. The molecule has 3 nitrogen and oxygen atoms in total. The van der Waals surface area contributed by atoms with Crippen LogP contribution in [-0.4, -0.2) is 49.8 Å². The van der Waals surface area contributed by atoms with E-state index in [1.54, 1.807) is 0 Å². The predicted molar refractivity (Wildman–Crippen MR) is 82.7 cm³/mol. The molecule has 0 amide bonds. The number of likely N-dealkylation sites (tertiary alicyclic amines) is 1. The molecule has 1 heterocycles. The summed E-state index contributed by atoms with van der Waals surface area (Å²) >= 11 is 0. The van der Waals surface area contributed by atoms with Gasteiger partial charge in [-0.3, -0.25) is 4.90 Å². The van der Waals surface area contributed by atoms with Gasteiger partial charge in [0.25, 0.3) is 0 Å². The van der Waals surface area contributed by atoms with E-state index in [4.69, 9.17) is 4.74 Å². The molecule has 0 saturated carbocycles. The van der Waals surface area contributed by atoms with Gasteiger partial charge < -0.3 is 10.1 Å². The molecule has 0 bridgehead atoms. The molecule has 114 valence electrons. The van der Waals surface area contributed by atoms with Crippen LogP contribution in [0.4, 0.5) is 0 Å². The fraction of sp³-hybridized carbons (Fsp3) is 1.00. The molecule has 3 heteroatoms. The maximum Gasteiger partial charge on any atom is 0.0702 e. The summed E-state index contributed by atoms with van der Waals surface area (Å²) in [6.07, 6.45) is 7.99. The summed E-state index contributed by atoms with van der Waals surface area (Å²) in [6, 6.07) is 0.705. The lowest BCUT2D eigenvalue weighted by atomic mass is 10.0. The number of hydrogen-bond donors (Lipinski definition) is 1. The number of ether oxygens (including phenoxy) is 1. The van der Waals surface area contributed by atoms with Crippen LogP contribution in [0.5, 0.6) is 0 Å². The lowest BCUT2D eigenvalue weighted by Gasteiger charge is -2.36. The molecule has 0 aromatic rings. The molecule has 1 rings (SSSR count). The second-order valence-corrected chi connectivity index (χ2v) is 5.87. The van der Waals surface area contributed by atoms with E-state index < -0.39 is 0 Å². The standard InChI is InChI=1S/C16H34N2O/c1-4-10-17-11-6-8-15(3)18-12-7-9-16(14-18)19-13-5-2/h15-17H,4-14H2,1-3H3. The van der Waals surface area contributed by atoms with Crippen molar-refractivity contribution in [3.05, 3.63) is 0 Å². The summed E-state index contributed by atoms with van der Waals surface area (Å²) in [5, 5.41) is 3.49. The highest BCUT2D eigenvalue weighted by atomic mass is 16.5. The van der Waals surface area contributed by atoms with Gasteiger partial charge in [0.05, 0.1) is 6.10 Å². The van der Waals surface area contributed by atoms with E-state index in [0.29, 0.717) is 12.1 Å². The van der Waals surface area contributed by atoms with Crippen molar-refractivity contribution in [3.8, 4) is 0 Å². The first-order chi connectivity index (χ1) is 9.27. The second kappa shape index (κ2) is 10.6. The van der Waals surface area contributed by atoms with Crippen molar-refractivity contribution in [1.82, 2.24) is 10.2 Å². The lowest BCUT2D eigenvalue weighted by molar-refractivity contribution is -0.0114. The van der Waals surface area contributed by atoms with Crippen molar-refractivity contribution in [3.63, 3.8) is 0 Å². The van der Waals surface area contributed by atoms with Crippen molar-refractivity contribution in [1.29, 1.82) is 0 Å². The molecule has 0 aromatic carbocycles. The number of hydrogen-bond acceptors (Lipinski definition) is 3. The Balaban J connectivity index is 2.14. The van der Waals surface area contributed by atoms with Crippen molar-refractivity contribution in [2.75, 3.05) is 32.8 Å². The van der Waals surface area contributed by atoms with Crippen molar-refractivity contribution in [2.24, 2.45) is 0 Å². The van der Waals surface area contributed by atoms with Crippen LogP contribution < -0.4 is 5.32 Å². The molecule has 1 aliphatic heterocycles. The Labute approximate surface area is 120 Å². The summed E-state index contributed by atoms with van der Waals surface area (Å²) in [4.78, 5) is 2.63. The van der Waals surface area contributed by atoms with Gasteiger partial charge in [-0.15, -0.1) is 0 Å². The SMILES string of the molecule is CCCNCCCC(C)N1CCCC(OCCC)C1. The smallest absolute Gasteiger partial charge is 0.0702 e. The molecule has 0 aliphatic carbocycles. The van der Waals surface area contributed by atoms with Crippen LogP contribution in [0.3, 0.4) is 0 Å². The third-order valence-electron chi connectivity index (χ3n) is 3.99. The predicted octanol–water partition coefficient (Wildman–Crippen LogP) is 3.05. The first-order valence-electron chi connectivity index (χ1n) is 8.34. The van der Waals surface area contributed by atoms with E-state index in [2.05, 4.69) is 31.0 Å². The van der Waals surface area contributed by atoms with Gasteiger partial charge in [0.1, 0.15) is 0 Å². The van der Waals surface area contributed by atoms with Crippen molar-refractivity contribution in [2.45, 2.75) is 71.4 Å². The van der Waals surface area contributed by atoms with Gasteiger partial charge in [0, 0.05) is 19.2 Å². The molecule has 1 N–H and O–H groups in total. The third-order valence-corrected chi connectivity index (χ3v) is 3.99. The highest BCUT2D eigenvalue weighted by Gasteiger charge is 2.23. The zero-order valence-electron chi connectivity index (χ0n) is 13.3. The topological polar surface area (TPSA) is 24.5 Å². The molecule has 0 radical (unpaired) electrons. The Bertz CT molecular complexity index is 211. The van der Waals surface area contributed by atoms with Gasteiger partial charge in [-0.25, -0.2) is 0 Å². The van der Waals surface area contributed by atoms with E-state index in [9.17, 15) is 0 Å². The normalized spacial score (nSPS) is 22.6. The maximum absolute atomic E-state index is 5.92. The largest absolute Gasteiger partial charge is 0.377 e.